The number of hydrogen-bond donors (Lipinski definition) is 0. The van der Waals surface area contributed by atoms with Crippen molar-refractivity contribution in [3.8, 4) is 5.75 Å². The molecule has 0 aliphatic carbocycles. The van der Waals surface area contributed by atoms with Crippen molar-refractivity contribution < 1.29 is 31.1 Å². The molecule has 12 heteroatoms. The monoisotopic (exact) mass is 472 g/mol. The highest BCUT2D eigenvalue weighted by atomic mass is 32.2. The number of carbonyl (C=O) groups is 1. The molecule has 1 aromatic heterocycles. The fraction of sp³-hybridized carbons (Fsp3) is 0.450. The van der Waals surface area contributed by atoms with E-state index in [9.17, 15) is 26.4 Å². The maximum absolute atomic E-state index is 13.2. The van der Waals surface area contributed by atoms with Crippen LogP contribution in [-0.4, -0.2) is 67.7 Å². The third-order valence-corrected chi connectivity index (χ3v) is 5.91. The summed E-state index contributed by atoms with van der Waals surface area (Å²) in [5, 5.41) is 0. The number of halogens is 3. The fourth-order valence-electron chi connectivity index (χ4n) is 3.23. The van der Waals surface area contributed by atoms with Gasteiger partial charge in [-0.3, -0.25) is 4.79 Å². The molecule has 1 aromatic carbocycles. The van der Waals surface area contributed by atoms with Crippen molar-refractivity contribution in [1.29, 1.82) is 0 Å². The van der Waals surface area contributed by atoms with Gasteiger partial charge in [0, 0.05) is 32.4 Å². The molecule has 2 aromatic rings. The lowest BCUT2D eigenvalue weighted by Gasteiger charge is -2.36. The number of sulfone groups is 1. The summed E-state index contributed by atoms with van der Waals surface area (Å²) in [5.41, 5.74) is 0.570. The van der Waals surface area contributed by atoms with E-state index in [4.69, 9.17) is 4.74 Å². The van der Waals surface area contributed by atoms with Gasteiger partial charge < -0.3 is 14.5 Å². The van der Waals surface area contributed by atoms with E-state index in [2.05, 4.69) is 9.97 Å². The normalized spacial score (nSPS) is 15.2. The number of aromatic nitrogens is 2. The second-order valence-electron chi connectivity index (χ2n) is 7.64. The summed E-state index contributed by atoms with van der Waals surface area (Å²) in [7, 11) is -3.52. The second kappa shape index (κ2) is 8.93. The number of nitrogens with zero attached hydrogens (tertiary/aromatic N) is 4. The van der Waals surface area contributed by atoms with Gasteiger partial charge in [-0.25, -0.2) is 18.4 Å². The number of anilines is 1. The Balaban J connectivity index is 1.76. The van der Waals surface area contributed by atoms with E-state index in [1.165, 1.54) is 18.2 Å². The summed E-state index contributed by atoms with van der Waals surface area (Å²) >= 11 is 0. The third kappa shape index (κ3) is 5.47. The Morgan fingerprint density at radius 3 is 2.19 bits per heavy atom. The van der Waals surface area contributed by atoms with E-state index in [1.807, 2.05) is 0 Å². The predicted molar refractivity (Wildman–Crippen MR) is 110 cm³/mol. The Kier molecular flexibility index (Phi) is 6.63. The van der Waals surface area contributed by atoms with Crippen molar-refractivity contribution in [2.24, 2.45) is 0 Å². The molecule has 174 valence electrons. The summed E-state index contributed by atoms with van der Waals surface area (Å²) < 4.78 is 67.5. The number of ether oxygens (including phenoxy) is 1. The Labute approximate surface area is 183 Å². The summed E-state index contributed by atoms with van der Waals surface area (Å²) in [6.07, 6.45) is -1.55. The highest BCUT2D eigenvalue weighted by molar-refractivity contribution is 7.90. The van der Waals surface area contributed by atoms with Crippen LogP contribution in [0.1, 0.15) is 30.0 Å². The van der Waals surface area contributed by atoms with E-state index >= 15 is 0 Å². The van der Waals surface area contributed by atoms with Crippen LogP contribution in [0.15, 0.2) is 35.5 Å². The van der Waals surface area contributed by atoms with Gasteiger partial charge in [0.1, 0.15) is 5.75 Å². The molecule has 0 unspecified atom stereocenters. The lowest BCUT2D eigenvalue weighted by molar-refractivity contribution is -0.145. The van der Waals surface area contributed by atoms with Crippen LogP contribution in [0.2, 0.25) is 0 Å². The molecule has 1 aliphatic rings. The first-order valence-electron chi connectivity index (χ1n) is 9.80. The summed E-state index contributed by atoms with van der Waals surface area (Å²) in [5.74, 6) is -1.30. The molecule has 0 radical (unpaired) electrons. The zero-order valence-electron chi connectivity index (χ0n) is 17.8. The lowest BCUT2D eigenvalue weighted by Crippen LogP contribution is -2.49. The topological polar surface area (TPSA) is 92.7 Å². The van der Waals surface area contributed by atoms with Crippen molar-refractivity contribution in [2.45, 2.75) is 31.0 Å². The van der Waals surface area contributed by atoms with Gasteiger partial charge in [0.25, 0.3) is 5.91 Å². The predicted octanol–water partition coefficient (Wildman–Crippen LogP) is 2.65. The summed E-state index contributed by atoms with van der Waals surface area (Å²) in [4.78, 5) is 23.2. The Hall–Kier alpha value is -2.89. The minimum Gasteiger partial charge on any atom is -0.490 e. The molecule has 3 rings (SSSR count). The maximum atomic E-state index is 13.2. The minimum absolute atomic E-state index is 0.0116. The third-order valence-electron chi connectivity index (χ3n) is 4.80. The van der Waals surface area contributed by atoms with Gasteiger partial charge in [-0.15, -0.1) is 0 Å². The standard InChI is InChI=1S/C20H23F3N4O4S/c1-13(2)31-17-5-4-15(32(3,29)30)10-16(17)18(28)27-8-6-26(7-9-27)14-11-24-19(25-12-14)20(21,22)23/h4-5,10-13H,6-9H2,1-3H3. The van der Waals surface area contributed by atoms with E-state index in [1.54, 1.807) is 23.6 Å². The van der Waals surface area contributed by atoms with E-state index in [0.29, 0.717) is 18.8 Å². The summed E-state index contributed by atoms with van der Waals surface area (Å²) in [6, 6.07) is 4.18. The van der Waals surface area contributed by atoms with Crippen molar-refractivity contribution in [1.82, 2.24) is 14.9 Å². The van der Waals surface area contributed by atoms with Crippen LogP contribution in [0, 0.1) is 0 Å². The van der Waals surface area contributed by atoms with Gasteiger partial charge in [-0.05, 0) is 32.0 Å². The molecule has 0 bridgehead atoms. The SMILES string of the molecule is CC(C)Oc1ccc(S(C)(=O)=O)cc1C(=O)N1CCN(c2cnc(C(F)(F)F)nc2)CC1. The zero-order valence-corrected chi connectivity index (χ0v) is 18.6. The first kappa shape index (κ1) is 23.8. The Morgan fingerprint density at radius 2 is 1.69 bits per heavy atom. The van der Waals surface area contributed by atoms with Gasteiger partial charge in [-0.1, -0.05) is 0 Å². The average molecular weight is 472 g/mol. The van der Waals surface area contributed by atoms with Crippen LogP contribution in [0.3, 0.4) is 0 Å². The fourth-order valence-corrected chi connectivity index (χ4v) is 3.88. The van der Waals surface area contributed by atoms with Gasteiger partial charge in [0.2, 0.25) is 5.82 Å². The number of benzene rings is 1. The molecule has 0 N–H and O–H groups in total. The Bertz CT molecular complexity index is 1080. The van der Waals surface area contributed by atoms with Gasteiger partial charge >= 0.3 is 6.18 Å². The first-order valence-corrected chi connectivity index (χ1v) is 11.7. The smallest absolute Gasteiger partial charge is 0.451 e. The molecule has 8 nitrogen and oxygen atoms in total. The van der Waals surface area contributed by atoms with E-state index in [0.717, 1.165) is 18.6 Å². The molecule has 0 atom stereocenters. The molecule has 32 heavy (non-hydrogen) atoms. The molecular formula is C20H23F3N4O4S. The van der Waals surface area contributed by atoms with Crippen molar-refractivity contribution in [2.75, 3.05) is 37.3 Å². The van der Waals surface area contributed by atoms with Gasteiger partial charge in [-0.2, -0.15) is 13.2 Å². The molecule has 1 amide bonds. The van der Waals surface area contributed by atoms with Crippen LogP contribution in [0.4, 0.5) is 18.9 Å². The second-order valence-corrected chi connectivity index (χ2v) is 9.65. The zero-order chi connectivity index (χ0) is 23.7. The van der Waals surface area contributed by atoms with Crippen molar-refractivity contribution in [3.63, 3.8) is 0 Å². The van der Waals surface area contributed by atoms with Crippen molar-refractivity contribution >= 4 is 21.4 Å². The molecule has 1 aliphatic heterocycles. The molecule has 0 spiro atoms. The van der Waals surface area contributed by atoms with Crippen LogP contribution >= 0.6 is 0 Å². The van der Waals surface area contributed by atoms with Crippen LogP contribution in [-0.2, 0) is 16.0 Å². The highest BCUT2D eigenvalue weighted by Crippen LogP contribution is 2.28. The van der Waals surface area contributed by atoms with Gasteiger partial charge in [0.15, 0.2) is 9.84 Å². The number of amides is 1. The van der Waals surface area contributed by atoms with Crippen LogP contribution in [0.5, 0.6) is 5.75 Å². The molecule has 1 saturated heterocycles. The van der Waals surface area contributed by atoms with Crippen LogP contribution in [0.25, 0.3) is 0 Å². The Morgan fingerprint density at radius 1 is 1.09 bits per heavy atom. The minimum atomic E-state index is -4.61. The number of rotatable bonds is 5. The van der Waals surface area contributed by atoms with E-state index < -0.39 is 21.8 Å². The number of carbonyl (C=O) groups excluding carboxylic acids is 1. The van der Waals surface area contributed by atoms with Crippen molar-refractivity contribution in [3.05, 3.63) is 42.0 Å². The molecule has 1 fully saturated rings. The van der Waals surface area contributed by atoms with Crippen LogP contribution < -0.4 is 9.64 Å². The molecule has 0 saturated carbocycles. The molecular weight excluding hydrogens is 449 g/mol. The quantitative estimate of drug-likeness (QED) is 0.661. The number of hydrogen-bond acceptors (Lipinski definition) is 7. The highest BCUT2D eigenvalue weighted by Gasteiger charge is 2.34. The number of alkyl halides is 3. The lowest BCUT2D eigenvalue weighted by atomic mass is 10.1. The average Bonchev–Trinajstić information content (AvgIpc) is 2.72. The summed E-state index contributed by atoms with van der Waals surface area (Å²) in [6.45, 7) is 4.86. The maximum Gasteiger partial charge on any atom is 0.451 e. The first-order chi connectivity index (χ1) is 14.9. The largest absolute Gasteiger partial charge is 0.490 e. The molecule has 2 heterocycles. The van der Waals surface area contributed by atoms with E-state index in [-0.39, 0.29) is 41.3 Å². The van der Waals surface area contributed by atoms with Gasteiger partial charge in [0.05, 0.1) is 34.6 Å². The number of piperazine rings is 1.